The van der Waals surface area contributed by atoms with E-state index in [0.29, 0.717) is 10.8 Å². The van der Waals surface area contributed by atoms with E-state index in [9.17, 15) is 9.59 Å². The second kappa shape index (κ2) is 8.68. The minimum atomic E-state index is -0.593. The van der Waals surface area contributed by atoms with Gasteiger partial charge in [0.2, 0.25) is 5.91 Å². The van der Waals surface area contributed by atoms with Gasteiger partial charge in [-0.2, -0.15) is 4.68 Å². The first kappa shape index (κ1) is 20.1. The molecule has 0 aliphatic carbocycles. The molecular formula is C20H18ClN5O3S. The Kier molecular flexibility index (Phi) is 5.82. The maximum absolute atomic E-state index is 12.7. The average molecular weight is 444 g/mol. The van der Waals surface area contributed by atoms with E-state index in [4.69, 9.17) is 16.0 Å². The molecule has 30 heavy (non-hydrogen) atoms. The summed E-state index contributed by atoms with van der Waals surface area (Å²) in [7, 11) is 1.86. The number of aryl methyl sites for hydroxylation is 2. The first-order chi connectivity index (χ1) is 14.5. The van der Waals surface area contributed by atoms with Crippen LogP contribution in [0.25, 0.3) is 10.8 Å². The SMILES string of the molecule is Cn1ccnc1C(NC(=O)CCn1nc(-c2cccs2)oc1=O)c1ccc(Cl)cc1. The molecule has 0 aliphatic rings. The van der Waals surface area contributed by atoms with Crippen LogP contribution in [-0.4, -0.2) is 25.2 Å². The van der Waals surface area contributed by atoms with Crippen molar-refractivity contribution in [1.82, 2.24) is 24.6 Å². The molecule has 0 saturated carbocycles. The fourth-order valence-electron chi connectivity index (χ4n) is 3.00. The van der Waals surface area contributed by atoms with Gasteiger partial charge in [0.1, 0.15) is 11.9 Å². The quantitative estimate of drug-likeness (QED) is 0.473. The Labute approximate surface area is 180 Å². The van der Waals surface area contributed by atoms with E-state index in [-0.39, 0.29) is 24.8 Å². The molecule has 4 rings (SSSR count). The standard InChI is InChI=1S/C20H18ClN5O3S/c1-25-11-9-22-18(25)17(13-4-6-14(21)7-5-13)23-16(27)8-10-26-20(28)29-19(24-26)15-3-2-12-30-15/h2-7,9,11-12,17H,8,10H2,1H3,(H,23,27). The molecule has 10 heteroatoms. The Bertz CT molecular complexity index is 1190. The highest BCUT2D eigenvalue weighted by molar-refractivity contribution is 7.13. The highest BCUT2D eigenvalue weighted by Crippen LogP contribution is 2.23. The van der Waals surface area contributed by atoms with Gasteiger partial charge in [-0.1, -0.05) is 29.8 Å². The molecule has 0 aliphatic heterocycles. The van der Waals surface area contributed by atoms with E-state index in [2.05, 4.69) is 15.4 Å². The van der Waals surface area contributed by atoms with Crippen LogP contribution in [0.3, 0.4) is 0 Å². The zero-order valence-electron chi connectivity index (χ0n) is 16.0. The topological polar surface area (TPSA) is 95.0 Å². The summed E-state index contributed by atoms with van der Waals surface area (Å²) in [5.74, 6) is 0.0989. The fourth-order valence-corrected chi connectivity index (χ4v) is 3.77. The van der Waals surface area contributed by atoms with Crippen LogP contribution in [0.1, 0.15) is 23.9 Å². The molecule has 1 aromatic carbocycles. The number of amides is 1. The number of imidazole rings is 1. The zero-order valence-corrected chi connectivity index (χ0v) is 17.6. The van der Waals surface area contributed by atoms with Crippen LogP contribution in [-0.2, 0) is 18.4 Å². The average Bonchev–Trinajstić information content (AvgIpc) is 3.47. The number of halogens is 1. The van der Waals surface area contributed by atoms with Crippen molar-refractivity contribution in [1.29, 1.82) is 0 Å². The first-order valence-corrected chi connectivity index (χ1v) is 10.4. The molecule has 0 radical (unpaired) electrons. The predicted octanol–water partition coefficient (Wildman–Crippen LogP) is 3.25. The molecular weight excluding hydrogens is 426 g/mol. The number of aromatic nitrogens is 4. The largest absolute Gasteiger partial charge is 0.437 e. The van der Waals surface area contributed by atoms with Gasteiger partial charge in [0, 0.05) is 30.9 Å². The van der Waals surface area contributed by atoms with Gasteiger partial charge < -0.3 is 14.3 Å². The number of thiophene rings is 1. The number of hydrogen-bond donors (Lipinski definition) is 1. The van der Waals surface area contributed by atoms with Gasteiger partial charge in [-0.05, 0) is 29.1 Å². The lowest BCUT2D eigenvalue weighted by molar-refractivity contribution is -0.121. The molecule has 0 fully saturated rings. The lowest BCUT2D eigenvalue weighted by Gasteiger charge is -2.19. The van der Waals surface area contributed by atoms with Crippen molar-refractivity contribution in [2.75, 3.05) is 0 Å². The molecule has 3 aromatic heterocycles. The summed E-state index contributed by atoms with van der Waals surface area (Å²) in [6.45, 7) is 0.105. The van der Waals surface area contributed by atoms with Gasteiger partial charge in [0.25, 0.3) is 5.89 Å². The third-order valence-electron chi connectivity index (χ3n) is 4.51. The van der Waals surface area contributed by atoms with Crippen molar-refractivity contribution in [3.63, 3.8) is 0 Å². The smallest absolute Gasteiger partial charge is 0.387 e. The molecule has 8 nitrogen and oxygen atoms in total. The third-order valence-corrected chi connectivity index (χ3v) is 5.62. The van der Waals surface area contributed by atoms with E-state index in [1.807, 2.05) is 47.5 Å². The monoisotopic (exact) mass is 443 g/mol. The van der Waals surface area contributed by atoms with E-state index in [1.54, 1.807) is 18.3 Å². The van der Waals surface area contributed by atoms with Crippen LogP contribution in [0.5, 0.6) is 0 Å². The first-order valence-electron chi connectivity index (χ1n) is 9.15. The number of nitrogens with zero attached hydrogens (tertiary/aromatic N) is 4. The predicted molar refractivity (Wildman–Crippen MR) is 113 cm³/mol. The second-order valence-electron chi connectivity index (χ2n) is 6.57. The highest BCUT2D eigenvalue weighted by atomic mass is 35.5. The Hall–Kier alpha value is -3.17. The molecule has 1 atom stereocenters. The molecule has 3 heterocycles. The summed E-state index contributed by atoms with van der Waals surface area (Å²) < 4.78 is 8.18. The van der Waals surface area contributed by atoms with Crippen molar-refractivity contribution >= 4 is 28.8 Å². The number of rotatable bonds is 7. The van der Waals surface area contributed by atoms with Crippen molar-refractivity contribution < 1.29 is 9.21 Å². The summed E-state index contributed by atoms with van der Waals surface area (Å²) in [6.07, 6.45) is 3.54. The van der Waals surface area contributed by atoms with Crippen LogP contribution in [0.15, 0.2) is 63.4 Å². The van der Waals surface area contributed by atoms with Gasteiger partial charge in [-0.25, -0.2) is 9.78 Å². The third kappa shape index (κ3) is 4.37. The van der Waals surface area contributed by atoms with Gasteiger partial charge in [-0.3, -0.25) is 4.79 Å². The van der Waals surface area contributed by atoms with Gasteiger partial charge in [0.05, 0.1) is 11.4 Å². The Morgan fingerprint density at radius 1 is 1.30 bits per heavy atom. The number of benzene rings is 1. The van der Waals surface area contributed by atoms with Crippen LogP contribution >= 0.6 is 22.9 Å². The van der Waals surface area contributed by atoms with Crippen LogP contribution in [0.4, 0.5) is 0 Å². The van der Waals surface area contributed by atoms with E-state index in [0.717, 1.165) is 15.1 Å². The highest BCUT2D eigenvalue weighted by Gasteiger charge is 2.21. The number of hydrogen-bond acceptors (Lipinski definition) is 6. The van der Waals surface area contributed by atoms with E-state index in [1.165, 1.54) is 11.3 Å². The molecule has 0 bridgehead atoms. The van der Waals surface area contributed by atoms with Gasteiger partial charge >= 0.3 is 5.76 Å². The van der Waals surface area contributed by atoms with Crippen molar-refractivity contribution in [2.24, 2.45) is 7.05 Å². The van der Waals surface area contributed by atoms with Crippen LogP contribution < -0.4 is 11.1 Å². The van der Waals surface area contributed by atoms with E-state index >= 15 is 0 Å². The summed E-state index contributed by atoms with van der Waals surface area (Å²) in [5, 5.41) is 9.63. The van der Waals surface area contributed by atoms with Crippen molar-refractivity contribution in [3.8, 4) is 10.8 Å². The maximum Gasteiger partial charge on any atom is 0.437 e. The van der Waals surface area contributed by atoms with Gasteiger partial charge in [-0.15, -0.1) is 16.4 Å². The summed E-state index contributed by atoms with van der Waals surface area (Å²) in [4.78, 5) is 29.8. The van der Waals surface area contributed by atoms with Crippen LogP contribution in [0, 0.1) is 0 Å². The maximum atomic E-state index is 12.7. The number of nitrogens with one attached hydrogen (secondary N) is 1. The second-order valence-corrected chi connectivity index (χ2v) is 7.96. The molecule has 4 aromatic rings. The minimum absolute atomic E-state index is 0.0604. The van der Waals surface area contributed by atoms with Crippen molar-refractivity contribution in [2.45, 2.75) is 19.0 Å². The Balaban J connectivity index is 1.48. The molecule has 0 saturated heterocycles. The lowest BCUT2D eigenvalue weighted by atomic mass is 10.1. The molecule has 0 spiro atoms. The van der Waals surface area contributed by atoms with Crippen molar-refractivity contribution in [3.05, 3.63) is 81.1 Å². The lowest BCUT2D eigenvalue weighted by Crippen LogP contribution is -2.32. The molecule has 1 amide bonds. The molecule has 154 valence electrons. The number of carbonyl (C=O) groups excluding carboxylic acids is 1. The summed E-state index contributed by atoms with van der Waals surface area (Å²) in [6, 6.07) is 10.4. The Morgan fingerprint density at radius 2 is 2.10 bits per heavy atom. The number of carbonyl (C=O) groups is 1. The molecule has 1 unspecified atom stereocenters. The summed E-state index contributed by atoms with van der Waals surface area (Å²) in [5.41, 5.74) is 0.848. The fraction of sp³-hybridized carbons (Fsp3) is 0.200. The van der Waals surface area contributed by atoms with Crippen LogP contribution in [0.2, 0.25) is 5.02 Å². The Morgan fingerprint density at radius 3 is 2.77 bits per heavy atom. The normalized spacial score (nSPS) is 12.1. The zero-order chi connectivity index (χ0) is 21.1. The molecule has 1 N–H and O–H groups in total. The minimum Gasteiger partial charge on any atom is -0.387 e. The van der Waals surface area contributed by atoms with E-state index < -0.39 is 11.8 Å². The van der Waals surface area contributed by atoms with Gasteiger partial charge in [0.15, 0.2) is 0 Å². The summed E-state index contributed by atoms with van der Waals surface area (Å²) >= 11 is 7.42.